The van der Waals surface area contributed by atoms with E-state index >= 15 is 0 Å². The normalized spacial score (nSPS) is 31.2. The van der Waals surface area contributed by atoms with E-state index in [9.17, 15) is 4.79 Å². The van der Waals surface area contributed by atoms with Crippen molar-refractivity contribution in [2.45, 2.75) is 33.1 Å². The minimum atomic E-state index is 0.278. The van der Waals surface area contributed by atoms with E-state index in [1.807, 2.05) is 19.9 Å². The van der Waals surface area contributed by atoms with Gasteiger partial charge >= 0.3 is 0 Å². The van der Waals surface area contributed by atoms with Gasteiger partial charge in [-0.25, -0.2) is 0 Å². The Morgan fingerprint density at radius 1 is 1.60 bits per heavy atom. The third kappa shape index (κ3) is 1.28. The van der Waals surface area contributed by atoms with E-state index in [0.29, 0.717) is 5.78 Å². The number of hydrogen-bond donors (Lipinski definition) is 0. The molecule has 0 amide bonds. The van der Waals surface area contributed by atoms with Crippen LogP contribution in [-0.2, 0) is 4.79 Å². The molecule has 1 nitrogen and oxygen atoms in total. The quantitative estimate of drug-likeness (QED) is 0.469. The van der Waals surface area contributed by atoms with Crippen LogP contribution >= 0.6 is 0 Å². The van der Waals surface area contributed by atoms with Crippen molar-refractivity contribution >= 4 is 5.78 Å². The van der Waals surface area contributed by atoms with Gasteiger partial charge in [0.2, 0.25) is 0 Å². The molecule has 0 aliphatic heterocycles. The van der Waals surface area contributed by atoms with Crippen LogP contribution in [0.15, 0.2) is 11.6 Å². The van der Waals surface area contributed by atoms with Gasteiger partial charge in [-0.3, -0.25) is 4.79 Å². The zero-order chi connectivity index (χ0) is 7.56. The molecule has 0 aromatic heterocycles. The van der Waals surface area contributed by atoms with E-state index in [4.69, 9.17) is 0 Å². The highest BCUT2D eigenvalue weighted by Crippen LogP contribution is 2.24. The maximum absolute atomic E-state index is 11.3. The lowest BCUT2D eigenvalue weighted by molar-refractivity contribution is -0.119. The monoisotopic (exact) mass is 138 g/mol. The Balaban J connectivity index is 2.69. The van der Waals surface area contributed by atoms with Crippen molar-refractivity contribution in [1.29, 1.82) is 0 Å². The molecular weight excluding hydrogens is 124 g/mol. The van der Waals surface area contributed by atoms with E-state index in [1.54, 1.807) is 0 Å². The van der Waals surface area contributed by atoms with Crippen LogP contribution in [0.25, 0.3) is 0 Å². The summed E-state index contributed by atoms with van der Waals surface area (Å²) in [6.07, 6.45) is 5.22. The smallest absolute Gasteiger partial charge is 0.161 e. The molecular formula is C9H14O. The summed E-state index contributed by atoms with van der Waals surface area (Å²) in [6, 6.07) is 0. The summed E-state index contributed by atoms with van der Waals surface area (Å²) < 4.78 is 0. The van der Waals surface area contributed by atoms with Crippen molar-refractivity contribution in [1.82, 2.24) is 0 Å². The second-order valence-corrected chi connectivity index (χ2v) is 2.97. The third-order valence-corrected chi connectivity index (χ3v) is 2.20. The molecule has 1 unspecified atom stereocenters. The average molecular weight is 138 g/mol. The van der Waals surface area contributed by atoms with E-state index in [1.165, 1.54) is 6.42 Å². The predicted octanol–water partition coefficient (Wildman–Crippen LogP) is 2.32. The number of hydrogen-bond acceptors (Lipinski definition) is 1. The Hall–Kier alpha value is -0.590. The summed E-state index contributed by atoms with van der Waals surface area (Å²) in [7, 11) is 0. The minimum absolute atomic E-state index is 0.278. The molecule has 1 fully saturated rings. The van der Waals surface area contributed by atoms with Crippen LogP contribution in [0.4, 0.5) is 0 Å². The molecule has 0 N–H and O–H groups in total. The molecule has 0 saturated heterocycles. The van der Waals surface area contributed by atoms with Crippen molar-refractivity contribution in [3.05, 3.63) is 11.6 Å². The third-order valence-electron chi connectivity index (χ3n) is 2.20. The van der Waals surface area contributed by atoms with E-state index in [-0.39, 0.29) is 5.92 Å². The molecule has 0 aromatic rings. The fourth-order valence-corrected chi connectivity index (χ4v) is 1.46. The van der Waals surface area contributed by atoms with Crippen molar-refractivity contribution in [3.8, 4) is 0 Å². The first-order valence-electron chi connectivity index (χ1n) is 3.95. The molecule has 1 saturated carbocycles. The second kappa shape index (κ2) is 3.00. The summed E-state index contributed by atoms with van der Waals surface area (Å²) >= 11 is 0. The van der Waals surface area contributed by atoms with Crippen LogP contribution in [0.2, 0.25) is 0 Å². The topological polar surface area (TPSA) is 17.1 Å². The zero-order valence-electron chi connectivity index (χ0n) is 6.68. The van der Waals surface area contributed by atoms with Gasteiger partial charge in [0.25, 0.3) is 0 Å². The van der Waals surface area contributed by atoms with Crippen LogP contribution in [0.3, 0.4) is 0 Å². The second-order valence-electron chi connectivity index (χ2n) is 2.97. The van der Waals surface area contributed by atoms with Crippen molar-refractivity contribution in [3.63, 3.8) is 0 Å². The lowest BCUT2D eigenvalue weighted by atomic mass is 9.85. The molecule has 1 heteroatoms. The molecule has 0 aromatic carbocycles. The highest BCUT2D eigenvalue weighted by atomic mass is 16.1. The van der Waals surface area contributed by atoms with Crippen molar-refractivity contribution in [2.75, 3.05) is 0 Å². The number of allylic oxidation sites excluding steroid dienone is 2. The SMILES string of the molecule is C/C=C1/CCCC(C)C1=O. The summed E-state index contributed by atoms with van der Waals surface area (Å²) in [5, 5.41) is 0. The van der Waals surface area contributed by atoms with Gasteiger partial charge in [-0.15, -0.1) is 0 Å². The first-order chi connectivity index (χ1) is 4.75. The van der Waals surface area contributed by atoms with Crippen molar-refractivity contribution in [2.24, 2.45) is 5.92 Å². The predicted molar refractivity (Wildman–Crippen MR) is 41.8 cm³/mol. The standard InChI is InChI=1S/C9H14O/c1-3-8-6-4-5-7(2)9(8)10/h3,7H,4-6H2,1-2H3/b8-3-. The molecule has 56 valence electrons. The van der Waals surface area contributed by atoms with Gasteiger partial charge in [0, 0.05) is 5.92 Å². The Kier molecular flexibility index (Phi) is 2.25. The Morgan fingerprint density at radius 3 is 2.80 bits per heavy atom. The van der Waals surface area contributed by atoms with Crippen molar-refractivity contribution < 1.29 is 4.79 Å². The maximum atomic E-state index is 11.3. The lowest BCUT2D eigenvalue weighted by Gasteiger charge is -2.18. The maximum Gasteiger partial charge on any atom is 0.161 e. The van der Waals surface area contributed by atoms with Gasteiger partial charge in [-0.2, -0.15) is 0 Å². The molecule has 0 bridgehead atoms. The van der Waals surface area contributed by atoms with E-state index in [2.05, 4.69) is 0 Å². The van der Waals surface area contributed by atoms with E-state index < -0.39 is 0 Å². The van der Waals surface area contributed by atoms with Crippen LogP contribution in [-0.4, -0.2) is 5.78 Å². The van der Waals surface area contributed by atoms with Gasteiger partial charge in [-0.1, -0.05) is 13.0 Å². The fraction of sp³-hybridized carbons (Fsp3) is 0.667. The largest absolute Gasteiger partial charge is 0.294 e. The molecule has 0 spiro atoms. The van der Waals surface area contributed by atoms with Gasteiger partial charge in [0.1, 0.15) is 0 Å². The number of ketones is 1. The van der Waals surface area contributed by atoms with Gasteiger partial charge in [0.05, 0.1) is 0 Å². The molecule has 10 heavy (non-hydrogen) atoms. The molecule has 0 heterocycles. The van der Waals surface area contributed by atoms with Gasteiger partial charge in [-0.05, 0) is 31.8 Å². The Morgan fingerprint density at radius 2 is 2.30 bits per heavy atom. The molecule has 1 aliphatic rings. The number of carbonyl (C=O) groups excluding carboxylic acids is 1. The summed E-state index contributed by atoms with van der Waals surface area (Å²) in [5.41, 5.74) is 1.04. The molecule has 1 atom stereocenters. The summed E-state index contributed by atoms with van der Waals surface area (Å²) in [5.74, 6) is 0.647. The highest BCUT2D eigenvalue weighted by molar-refractivity contribution is 5.97. The van der Waals surface area contributed by atoms with Crippen LogP contribution in [0, 0.1) is 5.92 Å². The fourth-order valence-electron chi connectivity index (χ4n) is 1.46. The summed E-state index contributed by atoms with van der Waals surface area (Å²) in [4.78, 5) is 11.3. The lowest BCUT2D eigenvalue weighted by Crippen LogP contribution is -2.18. The number of Topliss-reactive ketones (excluding diaryl/α,β-unsaturated/α-hetero) is 1. The average Bonchev–Trinajstić information content (AvgIpc) is 1.95. The van der Waals surface area contributed by atoms with E-state index in [0.717, 1.165) is 18.4 Å². The highest BCUT2D eigenvalue weighted by Gasteiger charge is 2.21. The first kappa shape index (κ1) is 7.52. The Bertz CT molecular complexity index is 168. The van der Waals surface area contributed by atoms with Crippen LogP contribution in [0.1, 0.15) is 33.1 Å². The van der Waals surface area contributed by atoms with Gasteiger partial charge in [0.15, 0.2) is 5.78 Å². The molecule has 1 aliphatic carbocycles. The number of rotatable bonds is 0. The van der Waals surface area contributed by atoms with Crippen LogP contribution in [0.5, 0.6) is 0 Å². The molecule has 0 radical (unpaired) electrons. The molecule has 1 rings (SSSR count). The Labute approximate surface area is 62.1 Å². The first-order valence-corrected chi connectivity index (χ1v) is 3.95. The van der Waals surface area contributed by atoms with Crippen LogP contribution < -0.4 is 0 Å². The summed E-state index contributed by atoms with van der Waals surface area (Å²) in [6.45, 7) is 3.97. The number of carbonyl (C=O) groups is 1. The minimum Gasteiger partial charge on any atom is -0.294 e. The van der Waals surface area contributed by atoms with Gasteiger partial charge < -0.3 is 0 Å². The zero-order valence-corrected chi connectivity index (χ0v) is 6.68.